The smallest absolute Gasteiger partial charge is 0.229 e. The van der Waals surface area contributed by atoms with E-state index in [0.29, 0.717) is 45.3 Å². The number of hydrogen-bond donors (Lipinski definition) is 3. The van der Waals surface area contributed by atoms with E-state index in [0.717, 1.165) is 54.5 Å². The summed E-state index contributed by atoms with van der Waals surface area (Å²) < 4.78 is 47.8. The van der Waals surface area contributed by atoms with Crippen molar-refractivity contribution in [3.63, 3.8) is 0 Å². The van der Waals surface area contributed by atoms with E-state index in [1.807, 2.05) is 38.1 Å². The van der Waals surface area contributed by atoms with Gasteiger partial charge in [-0.05, 0) is 61.2 Å². The van der Waals surface area contributed by atoms with Crippen molar-refractivity contribution in [3.8, 4) is 5.75 Å². The molecule has 0 amide bonds. The van der Waals surface area contributed by atoms with Gasteiger partial charge in [0.2, 0.25) is 15.8 Å². The third-order valence-electron chi connectivity index (χ3n) is 5.75. The van der Waals surface area contributed by atoms with Gasteiger partial charge >= 0.3 is 0 Å². The van der Waals surface area contributed by atoms with Crippen LogP contribution in [0.2, 0.25) is 0 Å². The van der Waals surface area contributed by atoms with Gasteiger partial charge in [-0.2, -0.15) is 0 Å². The van der Waals surface area contributed by atoms with Gasteiger partial charge in [0, 0.05) is 38.2 Å². The van der Waals surface area contributed by atoms with Crippen molar-refractivity contribution in [1.82, 2.24) is 5.32 Å². The fourth-order valence-corrected chi connectivity index (χ4v) is 4.46. The molecule has 0 spiro atoms. The molecule has 37 heavy (non-hydrogen) atoms. The van der Waals surface area contributed by atoms with E-state index >= 15 is 0 Å². The molecule has 10 heteroatoms. The Morgan fingerprint density at radius 3 is 2.68 bits per heavy atom. The predicted molar refractivity (Wildman–Crippen MR) is 143 cm³/mol. The van der Waals surface area contributed by atoms with Crippen molar-refractivity contribution in [1.29, 1.82) is 0 Å². The molecule has 1 heterocycles. The Balaban J connectivity index is 1.18. The highest BCUT2D eigenvalue weighted by Gasteiger charge is 2.27. The summed E-state index contributed by atoms with van der Waals surface area (Å²) in [5, 5.41) is 13.8. The Bertz CT molecular complexity index is 1090. The SMILES string of the molecule is CC1(C)OCc2cc([C@@H](O)CNCCCCCOCCOCc3cccc(NS(C)(=O)=O)c3)ccc2O1. The summed E-state index contributed by atoms with van der Waals surface area (Å²) in [6, 6.07) is 12.9. The van der Waals surface area contributed by atoms with E-state index in [2.05, 4.69) is 10.0 Å². The molecule has 0 radical (unpaired) electrons. The number of unbranched alkanes of at least 4 members (excludes halogenated alkanes) is 2. The van der Waals surface area contributed by atoms with Crippen LogP contribution in [0.5, 0.6) is 5.75 Å². The zero-order valence-corrected chi connectivity index (χ0v) is 22.8. The number of hydrogen-bond acceptors (Lipinski definition) is 8. The summed E-state index contributed by atoms with van der Waals surface area (Å²) in [6.07, 6.45) is 3.55. The molecule has 0 saturated heterocycles. The Morgan fingerprint density at radius 2 is 1.86 bits per heavy atom. The second kappa shape index (κ2) is 14.1. The number of fused-ring (bicyclic) bond motifs is 1. The van der Waals surface area contributed by atoms with Gasteiger partial charge in [-0.1, -0.05) is 18.2 Å². The van der Waals surface area contributed by atoms with Crippen molar-refractivity contribution < 1.29 is 32.5 Å². The summed E-state index contributed by atoms with van der Waals surface area (Å²) in [7, 11) is -3.29. The number of aliphatic hydroxyl groups excluding tert-OH is 1. The first-order valence-electron chi connectivity index (χ1n) is 12.7. The van der Waals surface area contributed by atoms with Crippen molar-refractivity contribution in [3.05, 3.63) is 59.2 Å². The first-order chi connectivity index (χ1) is 17.6. The molecule has 1 aliphatic heterocycles. The predicted octanol–water partition coefficient (Wildman–Crippen LogP) is 3.73. The average Bonchev–Trinajstić information content (AvgIpc) is 2.83. The lowest BCUT2D eigenvalue weighted by Gasteiger charge is -2.33. The molecule has 3 rings (SSSR count). The van der Waals surface area contributed by atoms with Crippen LogP contribution in [0.3, 0.4) is 0 Å². The van der Waals surface area contributed by atoms with Gasteiger partial charge < -0.3 is 29.4 Å². The van der Waals surface area contributed by atoms with Crippen LogP contribution in [0.25, 0.3) is 0 Å². The van der Waals surface area contributed by atoms with Gasteiger partial charge in [-0.15, -0.1) is 0 Å². The van der Waals surface area contributed by atoms with Crippen LogP contribution in [-0.2, 0) is 37.4 Å². The molecular weight excluding hydrogens is 496 g/mol. The van der Waals surface area contributed by atoms with Gasteiger partial charge in [0.1, 0.15) is 5.75 Å². The third kappa shape index (κ3) is 11.0. The summed E-state index contributed by atoms with van der Waals surface area (Å²) in [5.74, 6) is 0.187. The fourth-order valence-electron chi connectivity index (χ4n) is 3.90. The minimum Gasteiger partial charge on any atom is -0.463 e. The normalized spacial score (nSPS) is 15.6. The van der Waals surface area contributed by atoms with Crippen LogP contribution in [0.1, 0.15) is 55.9 Å². The van der Waals surface area contributed by atoms with Gasteiger partial charge in [0.25, 0.3) is 0 Å². The first-order valence-corrected chi connectivity index (χ1v) is 14.6. The highest BCUT2D eigenvalue weighted by Crippen LogP contribution is 2.32. The standard InChI is InChI=1S/C27H40N2O7S/c1-27(2)35-20-23-17-22(10-11-26(23)36-27)25(30)18-28-12-5-4-6-13-33-14-15-34-19-21-8-7-9-24(16-21)29-37(3,31)32/h7-11,16-17,25,28-30H,4-6,12-15,18-20H2,1-3H3/t25-/m0/s1. The first kappa shape index (κ1) is 29.3. The zero-order chi connectivity index (χ0) is 26.7. The average molecular weight is 537 g/mol. The zero-order valence-electron chi connectivity index (χ0n) is 22.0. The summed E-state index contributed by atoms with van der Waals surface area (Å²) in [5.41, 5.74) is 3.23. The molecule has 206 valence electrons. The number of nitrogens with one attached hydrogen (secondary N) is 2. The molecule has 2 aromatic carbocycles. The number of rotatable bonds is 16. The molecule has 0 fully saturated rings. The molecule has 0 bridgehead atoms. The van der Waals surface area contributed by atoms with Gasteiger partial charge in [-0.25, -0.2) is 8.42 Å². The molecule has 1 atom stereocenters. The van der Waals surface area contributed by atoms with Gasteiger partial charge in [-0.3, -0.25) is 4.72 Å². The maximum Gasteiger partial charge on any atom is 0.229 e. The van der Waals surface area contributed by atoms with Crippen molar-refractivity contribution in [2.24, 2.45) is 0 Å². The minimum absolute atomic E-state index is 0.394. The Kier molecular flexibility index (Phi) is 11.2. The van der Waals surface area contributed by atoms with Crippen LogP contribution in [0, 0.1) is 0 Å². The lowest BCUT2D eigenvalue weighted by Crippen LogP contribution is -2.35. The Hall–Kier alpha value is -2.21. The van der Waals surface area contributed by atoms with E-state index in [1.165, 1.54) is 0 Å². The monoisotopic (exact) mass is 536 g/mol. The highest BCUT2D eigenvalue weighted by atomic mass is 32.2. The minimum atomic E-state index is -3.29. The molecule has 0 unspecified atom stereocenters. The van der Waals surface area contributed by atoms with Crippen LogP contribution in [-0.4, -0.2) is 58.5 Å². The van der Waals surface area contributed by atoms with E-state index in [-0.39, 0.29) is 0 Å². The number of sulfonamides is 1. The maximum absolute atomic E-state index is 11.3. The van der Waals surface area contributed by atoms with Crippen LogP contribution in [0.4, 0.5) is 5.69 Å². The molecule has 3 N–H and O–H groups in total. The molecule has 0 saturated carbocycles. The molecule has 0 aliphatic carbocycles. The lowest BCUT2D eigenvalue weighted by atomic mass is 10.0. The fraction of sp³-hybridized carbons (Fsp3) is 0.556. The largest absolute Gasteiger partial charge is 0.463 e. The summed E-state index contributed by atoms with van der Waals surface area (Å²) >= 11 is 0. The van der Waals surface area contributed by atoms with E-state index in [1.54, 1.807) is 18.2 Å². The van der Waals surface area contributed by atoms with Crippen LogP contribution >= 0.6 is 0 Å². The molecule has 9 nitrogen and oxygen atoms in total. The summed E-state index contributed by atoms with van der Waals surface area (Å²) in [6.45, 7) is 7.63. The summed E-state index contributed by atoms with van der Waals surface area (Å²) in [4.78, 5) is 0. The van der Waals surface area contributed by atoms with Crippen LogP contribution < -0.4 is 14.8 Å². The maximum atomic E-state index is 11.3. The molecule has 0 aromatic heterocycles. The van der Waals surface area contributed by atoms with E-state index < -0.39 is 21.9 Å². The Labute approximate surface area is 220 Å². The number of benzene rings is 2. The van der Waals surface area contributed by atoms with Gasteiger partial charge in [0.05, 0.1) is 38.8 Å². The molecule has 1 aliphatic rings. The van der Waals surface area contributed by atoms with E-state index in [9.17, 15) is 13.5 Å². The number of anilines is 1. The topological polar surface area (TPSA) is 115 Å². The van der Waals surface area contributed by atoms with Crippen molar-refractivity contribution >= 4 is 15.7 Å². The second-order valence-electron chi connectivity index (χ2n) is 9.68. The molecular formula is C27H40N2O7S. The van der Waals surface area contributed by atoms with Crippen molar-refractivity contribution in [2.45, 2.75) is 58.2 Å². The van der Waals surface area contributed by atoms with Crippen molar-refractivity contribution in [2.75, 3.05) is 43.9 Å². The second-order valence-corrected chi connectivity index (χ2v) is 11.4. The van der Waals surface area contributed by atoms with Gasteiger partial charge in [0.15, 0.2) is 0 Å². The third-order valence-corrected chi connectivity index (χ3v) is 6.36. The number of aliphatic hydroxyl groups is 1. The lowest BCUT2D eigenvalue weighted by molar-refractivity contribution is -0.180. The Morgan fingerprint density at radius 1 is 1.05 bits per heavy atom. The quantitative estimate of drug-likeness (QED) is 0.278. The molecule has 2 aromatic rings. The highest BCUT2D eigenvalue weighted by molar-refractivity contribution is 7.92. The van der Waals surface area contributed by atoms with E-state index in [4.69, 9.17) is 18.9 Å². The van der Waals surface area contributed by atoms with Crippen LogP contribution in [0.15, 0.2) is 42.5 Å². The number of ether oxygens (including phenoxy) is 4.